The van der Waals surface area contributed by atoms with Gasteiger partial charge in [-0.3, -0.25) is 14.4 Å². The number of carbonyl (C=O) groups excluding carboxylic acids is 3. The lowest BCUT2D eigenvalue weighted by Gasteiger charge is -2.33. The number of hydrogen-bond donors (Lipinski definition) is 2. The molecular weight excluding hydrogens is 358 g/mol. The van der Waals surface area contributed by atoms with Gasteiger partial charge < -0.3 is 20.3 Å². The van der Waals surface area contributed by atoms with Gasteiger partial charge in [-0.05, 0) is 11.1 Å². The molecule has 1 aliphatic rings. The molecule has 0 aromatic heterocycles. The lowest BCUT2D eigenvalue weighted by atomic mass is 10.1. The van der Waals surface area contributed by atoms with Crippen molar-refractivity contribution in [2.24, 2.45) is 0 Å². The number of hydrogen-bond acceptors (Lipinski definition) is 4. The molecule has 3 rings (SSSR count). The summed E-state index contributed by atoms with van der Waals surface area (Å²) in [6.07, 6.45) is -0.191. The van der Waals surface area contributed by atoms with Crippen LogP contribution in [0.15, 0.2) is 60.7 Å². The van der Waals surface area contributed by atoms with Crippen LogP contribution in [-0.2, 0) is 25.7 Å². The van der Waals surface area contributed by atoms with Crippen molar-refractivity contribution < 1.29 is 19.1 Å². The minimum absolute atomic E-state index is 0.191. The molecule has 3 amide bonds. The van der Waals surface area contributed by atoms with Crippen molar-refractivity contribution in [3.05, 3.63) is 71.8 Å². The predicted octanol–water partition coefficient (Wildman–Crippen LogP) is 1.02. The zero-order valence-electron chi connectivity index (χ0n) is 15.5. The lowest BCUT2D eigenvalue weighted by Crippen LogP contribution is -2.48. The average Bonchev–Trinajstić information content (AvgIpc) is 2.77. The molecule has 28 heavy (non-hydrogen) atoms. The van der Waals surface area contributed by atoms with E-state index in [0.29, 0.717) is 19.7 Å². The number of morpholine rings is 1. The first-order valence-corrected chi connectivity index (χ1v) is 9.18. The molecule has 1 heterocycles. The summed E-state index contributed by atoms with van der Waals surface area (Å²) in [6.45, 7) is 1.33. The van der Waals surface area contributed by atoms with Crippen LogP contribution in [0.25, 0.3) is 0 Å². The monoisotopic (exact) mass is 381 g/mol. The molecule has 1 saturated heterocycles. The Morgan fingerprint density at radius 1 is 0.929 bits per heavy atom. The van der Waals surface area contributed by atoms with E-state index in [1.807, 2.05) is 60.7 Å². The van der Waals surface area contributed by atoms with Crippen molar-refractivity contribution in [1.82, 2.24) is 15.5 Å². The summed E-state index contributed by atoms with van der Waals surface area (Å²) in [5, 5.41) is 4.92. The largest absolute Gasteiger partial charge is 0.370 e. The summed E-state index contributed by atoms with van der Waals surface area (Å²) >= 11 is 0. The Morgan fingerprint density at radius 2 is 1.57 bits per heavy atom. The molecule has 0 spiro atoms. The summed E-state index contributed by atoms with van der Waals surface area (Å²) in [5.74, 6) is -1.83. The van der Waals surface area contributed by atoms with Crippen molar-refractivity contribution in [2.75, 3.05) is 26.2 Å². The highest BCUT2D eigenvalue weighted by atomic mass is 16.5. The predicted molar refractivity (Wildman–Crippen MR) is 103 cm³/mol. The van der Waals surface area contributed by atoms with Crippen molar-refractivity contribution in [1.29, 1.82) is 0 Å². The topological polar surface area (TPSA) is 87.7 Å². The van der Waals surface area contributed by atoms with Gasteiger partial charge in [0.25, 0.3) is 0 Å². The Balaban J connectivity index is 1.44. The second-order valence-corrected chi connectivity index (χ2v) is 6.46. The number of ether oxygens (including phenoxy) is 1. The van der Waals surface area contributed by atoms with Crippen molar-refractivity contribution in [3.8, 4) is 0 Å². The number of nitrogens with zero attached hydrogens (tertiary/aromatic N) is 1. The summed E-state index contributed by atoms with van der Waals surface area (Å²) in [6, 6.07) is 19.0. The Hall–Kier alpha value is -3.19. The van der Waals surface area contributed by atoms with E-state index in [9.17, 15) is 14.4 Å². The summed E-state index contributed by atoms with van der Waals surface area (Å²) < 4.78 is 5.74. The highest BCUT2D eigenvalue weighted by molar-refractivity contribution is 6.35. The zero-order chi connectivity index (χ0) is 19.8. The van der Waals surface area contributed by atoms with Crippen molar-refractivity contribution >= 4 is 17.7 Å². The number of carbonyl (C=O) groups is 3. The molecule has 1 atom stereocenters. The third kappa shape index (κ3) is 5.40. The second-order valence-electron chi connectivity index (χ2n) is 6.46. The van der Waals surface area contributed by atoms with Crippen LogP contribution in [0.2, 0.25) is 0 Å². The van der Waals surface area contributed by atoms with E-state index in [4.69, 9.17) is 4.74 Å². The van der Waals surface area contributed by atoms with E-state index < -0.39 is 11.8 Å². The normalized spacial score (nSPS) is 16.3. The van der Waals surface area contributed by atoms with Gasteiger partial charge in [-0.25, -0.2) is 0 Å². The SMILES string of the molecule is O=C(NCC(=O)N1CCO[C@H](c2ccccc2)C1)C(=O)NCc1ccccc1. The van der Waals surface area contributed by atoms with Crippen molar-refractivity contribution in [2.45, 2.75) is 12.6 Å². The minimum Gasteiger partial charge on any atom is -0.370 e. The Labute approximate surface area is 163 Å². The highest BCUT2D eigenvalue weighted by Crippen LogP contribution is 2.21. The number of rotatable bonds is 5. The first-order chi connectivity index (χ1) is 13.6. The molecule has 7 nitrogen and oxygen atoms in total. The molecule has 7 heteroatoms. The fourth-order valence-electron chi connectivity index (χ4n) is 2.95. The van der Waals surface area contributed by atoms with Gasteiger partial charge in [-0.15, -0.1) is 0 Å². The maximum atomic E-state index is 12.4. The molecule has 1 aliphatic heterocycles. The quantitative estimate of drug-likeness (QED) is 0.757. The minimum atomic E-state index is -0.822. The first kappa shape index (κ1) is 19.6. The Bertz CT molecular complexity index is 811. The molecule has 0 unspecified atom stereocenters. The first-order valence-electron chi connectivity index (χ1n) is 9.18. The van der Waals surface area contributed by atoms with Gasteiger partial charge in [0, 0.05) is 13.1 Å². The zero-order valence-corrected chi connectivity index (χ0v) is 15.5. The average molecular weight is 381 g/mol. The van der Waals surface area contributed by atoms with Gasteiger partial charge in [0.2, 0.25) is 5.91 Å². The highest BCUT2D eigenvalue weighted by Gasteiger charge is 2.26. The van der Waals surface area contributed by atoms with Crippen LogP contribution in [0, 0.1) is 0 Å². The van der Waals surface area contributed by atoms with Crippen LogP contribution < -0.4 is 10.6 Å². The molecule has 0 radical (unpaired) electrons. The number of nitrogens with one attached hydrogen (secondary N) is 2. The van der Waals surface area contributed by atoms with Crippen LogP contribution in [0.1, 0.15) is 17.2 Å². The summed E-state index contributed by atoms with van der Waals surface area (Å²) in [5.41, 5.74) is 1.89. The maximum Gasteiger partial charge on any atom is 0.309 e. The third-order valence-corrected chi connectivity index (χ3v) is 4.49. The fourth-order valence-corrected chi connectivity index (χ4v) is 2.95. The van der Waals surface area contributed by atoms with E-state index in [0.717, 1.165) is 11.1 Å². The number of amides is 3. The van der Waals surface area contributed by atoms with Gasteiger partial charge >= 0.3 is 11.8 Å². The molecule has 0 bridgehead atoms. The molecule has 146 valence electrons. The van der Waals surface area contributed by atoms with Crippen molar-refractivity contribution in [3.63, 3.8) is 0 Å². The van der Waals surface area contributed by atoms with E-state index >= 15 is 0 Å². The lowest BCUT2D eigenvalue weighted by molar-refractivity contribution is -0.142. The third-order valence-electron chi connectivity index (χ3n) is 4.49. The Kier molecular flexibility index (Phi) is 6.75. The van der Waals surface area contributed by atoms with E-state index in [1.54, 1.807) is 4.90 Å². The number of benzene rings is 2. The molecule has 1 fully saturated rings. The molecule has 2 aromatic rings. The molecule has 0 aliphatic carbocycles. The van der Waals surface area contributed by atoms with E-state index in [2.05, 4.69) is 10.6 Å². The Morgan fingerprint density at radius 3 is 2.29 bits per heavy atom. The molecule has 0 saturated carbocycles. The van der Waals surface area contributed by atoms with Gasteiger partial charge in [-0.1, -0.05) is 60.7 Å². The van der Waals surface area contributed by atoms with Crippen LogP contribution in [0.4, 0.5) is 0 Å². The smallest absolute Gasteiger partial charge is 0.309 e. The summed E-state index contributed by atoms with van der Waals surface area (Å²) in [7, 11) is 0. The van der Waals surface area contributed by atoms with Gasteiger partial charge in [0.05, 0.1) is 19.7 Å². The van der Waals surface area contributed by atoms with Crippen LogP contribution in [0.3, 0.4) is 0 Å². The van der Waals surface area contributed by atoms with E-state index in [1.165, 1.54) is 0 Å². The molecule has 2 N–H and O–H groups in total. The maximum absolute atomic E-state index is 12.4. The van der Waals surface area contributed by atoms with Gasteiger partial charge in [0.1, 0.15) is 6.10 Å². The van der Waals surface area contributed by atoms with Gasteiger partial charge in [-0.2, -0.15) is 0 Å². The van der Waals surface area contributed by atoms with Crippen LogP contribution >= 0.6 is 0 Å². The summed E-state index contributed by atoms with van der Waals surface area (Å²) in [4.78, 5) is 37.8. The van der Waals surface area contributed by atoms with E-state index in [-0.39, 0.29) is 25.1 Å². The standard InChI is InChI=1S/C21H23N3O4/c25-19(24-11-12-28-18(15-24)17-9-5-2-6-10-17)14-23-21(27)20(26)22-13-16-7-3-1-4-8-16/h1-10,18H,11-15H2,(H,22,26)(H,23,27)/t18-/m0/s1. The fraction of sp³-hybridized carbons (Fsp3) is 0.286. The van der Waals surface area contributed by atoms with Crippen LogP contribution in [0.5, 0.6) is 0 Å². The molecule has 2 aromatic carbocycles. The second kappa shape index (κ2) is 9.66. The van der Waals surface area contributed by atoms with Gasteiger partial charge in [0.15, 0.2) is 0 Å². The van der Waals surface area contributed by atoms with Crippen LogP contribution in [-0.4, -0.2) is 48.9 Å². The molecular formula is C21H23N3O4.